The Bertz CT molecular complexity index is 2040. The molecule has 83 heavy (non-hydrogen) atoms. The van der Waals surface area contributed by atoms with Gasteiger partial charge in [-0.2, -0.15) is 49.5 Å². The lowest BCUT2D eigenvalue weighted by molar-refractivity contribution is -0.112. The Hall–Kier alpha value is -1.95. The molecule has 6 aliphatic heterocycles. The number of likely N-dealkylation sites (tertiary alicyclic amines) is 4. The lowest BCUT2D eigenvalue weighted by Crippen LogP contribution is -2.35. The Balaban J connectivity index is -0.000000207. The number of likely N-dealkylation sites (N-methyl/N-ethyl adjacent to an activating group) is 1. The second kappa shape index (κ2) is 57.8. The molecule has 6 saturated heterocycles. The van der Waals surface area contributed by atoms with Gasteiger partial charge >= 0.3 is 0 Å². The number of hydrogen-bond acceptors (Lipinski definition) is 19. The zero-order valence-corrected chi connectivity index (χ0v) is 60.3. The van der Waals surface area contributed by atoms with E-state index in [1.807, 2.05) is 54.8 Å². The van der Waals surface area contributed by atoms with Crippen molar-refractivity contribution in [1.29, 1.82) is 0 Å². The van der Waals surface area contributed by atoms with Gasteiger partial charge < -0.3 is 63.7 Å². The van der Waals surface area contributed by atoms with Crippen molar-refractivity contribution in [2.45, 2.75) is 150 Å². The van der Waals surface area contributed by atoms with Gasteiger partial charge in [0.1, 0.15) is 36.0 Å². The Morgan fingerprint density at radius 2 is 1.05 bits per heavy atom. The van der Waals surface area contributed by atoms with Crippen molar-refractivity contribution < 1.29 is 34.0 Å². The van der Waals surface area contributed by atoms with Gasteiger partial charge in [0.15, 0.2) is 0 Å². The van der Waals surface area contributed by atoms with Crippen LogP contribution in [0.15, 0.2) is 42.1 Å². The second-order valence-electron chi connectivity index (χ2n) is 20.9. The Kier molecular flexibility index (Phi) is 64.2. The highest BCUT2D eigenvalue weighted by molar-refractivity contribution is 6.92. The average Bonchev–Trinajstić information content (AvgIpc) is 4.22. The van der Waals surface area contributed by atoms with E-state index in [9.17, 15) is 4.79 Å². The fraction of sp³-hybridized carbons (Fsp3) is 0.750. The van der Waals surface area contributed by atoms with E-state index in [1.54, 1.807) is 13.1 Å². The molecule has 6 aliphatic rings. The standard InChI is InChI=1S/C10H16BN2O.C10H16N2O.C9H14N2O.C7H13ClN2O.C7H14N2O.C7H13NO.C3H4.C2H6B.CH4.H3NO.5H3P/c1-8-6-10(12-14-8)9-4-3-5-13(7-9)11-2;1-8-6-10(11-13-8)9-4-3-5-12(2)7-9;1-7-5-9(11-12-7)8-3-2-4-10-6-8;1-10-4-2-3-6(5-10)7(8)9-11;1-9-4-2-3-7(6-9)5-8-10;1-8-4-2-3-7(5-8)6-9;2*1-3-2;;1-2;;;;;/h6,9H,3-5,7H2,1-2H3;6,9H,3-5,7H2,1-2H3;5,8,10H,2-4,6H2,1H3;6,11H,2-5H2,1H3;5,7,10H,2-4,6H2,1H3;6-7H,2-5H2,1H3;1H,2H3;1-2H3;1H4;2H,1H2;5*1H3/b;;;9-7-;8-5+;;;;;;;;;;. The molecule has 11 atom stereocenters. The van der Waals surface area contributed by atoms with Crippen LogP contribution in [0.25, 0.3) is 0 Å². The van der Waals surface area contributed by atoms with Gasteiger partial charge in [-0.1, -0.05) is 60.1 Å². The van der Waals surface area contributed by atoms with Crippen LogP contribution in [0.3, 0.4) is 0 Å². The van der Waals surface area contributed by atoms with E-state index in [0.29, 0.717) is 34.8 Å². The summed E-state index contributed by atoms with van der Waals surface area (Å²) in [5.41, 5.74) is 3.36. The maximum absolute atomic E-state index is 10.3. The minimum atomic E-state index is 0. The zero-order chi connectivity index (χ0) is 57.4. The van der Waals surface area contributed by atoms with Gasteiger partial charge in [-0.15, -0.1) is 17.5 Å². The molecule has 0 amide bonds. The van der Waals surface area contributed by atoms with Gasteiger partial charge in [0.2, 0.25) is 7.41 Å². The zero-order valence-electron chi connectivity index (χ0n) is 52.5. The first-order chi connectivity index (χ1) is 37.1. The molecule has 0 spiro atoms. The second-order valence-corrected chi connectivity index (χ2v) is 21.3. The summed E-state index contributed by atoms with van der Waals surface area (Å²) in [7, 11) is 12.5. The van der Waals surface area contributed by atoms with Crippen LogP contribution in [0.1, 0.15) is 144 Å². The quantitative estimate of drug-likeness (QED) is 0.0282. The maximum Gasteiger partial charge on any atom is 0.205 e. The lowest BCUT2D eigenvalue weighted by atomic mass is 9.86. The van der Waals surface area contributed by atoms with Crippen LogP contribution in [0, 0.1) is 50.9 Å². The monoisotopic (exact) mass is 1280 g/mol. The van der Waals surface area contributed by atoms with Gasteiger partial charge in [-0.05, 0) is 179 Å². The Morgan fingerprint density at radius 3 is 1.41 bits per heavy atom. The van der Waals surface area contributed by atoms with Crippen LogP contribution >= 0.6 is 61.1 Å². The molecule has 6 N–H and O–H groups in total. The summed E-state index contributed by atoms with van der Waals surface area (Å²) in [5.74, 6) is 11.2. The van der Waals surface area contributed by atoms with Crippen molar-refractivity contribution in [2.75, 3.05) is 107 Å². The molecule has 0 saturated carbocycles. The number of aryl methyl sites for hydroxylation is 3. The topological polar surface area (TPSA) is 235 Å². The third kappa shape index (κ3) is 41.8. The van der Waals surface area contributed by atoms with Crippen molar-refractivity contribution in [3.63, 3.8) is 0 Å². The first-order valence-electron chi connectivity index (χ1n) is 27.8. The largest absolute Gasteiger partial charge is 0.411 e. The van der Waals surface area contributed by atoms with E-state index >= 15 is 0 Å². The van der Waals surface area contributed by atoms with Crippen LogP contribution in [0.4, 0.5) is 0 Å². The van der Waals surface area contributed by atoms with Gasteiger partial charge in [0.05, 0.1) is 17.1 Å². The molecule has 11 unspecified atom stereocenters. The molecule has 0 aliphatic carbocycles. The third-order valence-corrected chi connectivity index (χ3v) is 14.2. The molecule has 9 rings (SSSR count). The SMILES string of the molecule is C.C#CC.CN1CCCC(/C(Cl)=N/O)C1.CN1CCCC(/C=N/O)C1.CN1CCCC(C=O)C1.C[B]C.C[B]N1CCCC(c2cc(C)on2)C1.Cc1cc(C2CCCN(C)C2)no1.Cc1cc(C2CCCNC2)no1.NO.P.P.P.P.P. The van der Waals surface area contributed by atoms with Crippen molar-refractivity contribution in [3.8, 4) is 12.3 Å². The molecule has 3 aromatic rings. The van der Waals surface area contributed by atoms with Crippen LogP contribution < -0.4 is 11.2 Å². The summed E-state index contributed by atoms with van der Waals surface area (Å²) >= 11 is 5.68. The van der Waals surface area contributed by atoms with Gasteiger partial charge in [-0.25, -0.2) is 5.90 Å². The predicted molar refractivity (Wildman–Crippen MR) is 376 cm³/mol. The van der Waals surface area contributed by atoms with E-state index in [0.717, 1.165) is 125 Å². The molecule has 27 heteroatoms. The van der Waals surface area contributed by atoms with Gasteiger partial charge in [0.25, 0.3) is 0 Å². The van der Waals surface area contributed by atoms with Crippen LogP contribution in [0.5, 0.6) is 0 Å². The molecule has 482 valence electrons. The highest BCUT2D eigenvalue weighted by Crippen LogP contribution is 2.27. The molecule has 9 heterocycles. The van der Waals surface area contributed by atoms with Crippen molar-refractivity contribution in [3.05, 3.63) is 52.6 Å². The van der Waals surface area contributed by atoms with Crippen molar-refractivity contribution >= 4 is 93.5 Å². The van der Waals surface area contributed by atoms with Gasteiger partial charge in [-0.3, -0.25) is 0 Å². The number of piperidine rings is 6. The molecular formula is C56H118B2ClN12O7P5. The minimum absolute atomic E-state index is 0. The summed E-state index contributed by atoms with van der Waals surface area (Å²) in [4.78, 5) is 21.7. The predicted octanol–water partition coefficient (Wildman–Crippen LogP) is 9.43. The number of nitrogens with zero attached hydrogens (tertiary/aromatic N) is 10. The van der Waals surface area contributed by atoms with Crippen molar-refractivity contribution in [1.82, 2.24) is 45.2 Å². The Morgan fingerprint density at radius 1 is 0.663 bits per heavy atom. The molecule has 0 aromatic carbocycles. The highest BCUT2D eigenvalue weighted by atomic mass is 35.5. The number of hydrogen-bond donors (Lipinski definition) is 5. The van der Waals surface area contributed by atoms with Crippen LogP contribution in [0.2, 0.25) is 20.5 Å². The maximum atomic E-state index is 10.3. The minimum Gasteiger partial charge on any atom is -0.411 e. The van der Waals surface area contributed by atoms with E-state index in [4.69, 9.17) is 40.8 Å². The van der Waals surface area contributed by atoms with Gasteiger partial charge in [0, 0.05) is 92.6 Å². The number of carbonyl (C=O) groups excluding carboxylic acids is 1. The summed E-state index contributed by atoms with van der Waals surface area (Å²) in [5, 5.41) is 45.1. The summed E-state index contributed by atoms with van der Waals surface area (Å²) in [6, 6.07) is 6.16. The number of nitrogens with one attached hydrogen (secondary N) is 1. The molecule has 3 aromatic heterocycles. The summed E-state index contributed by atoms with van der Waals surface area (Å²) < 4.78 is 15.2. The first-order valence-corrected chi connectivity index (χ1v) is 28.2. The molecule has 0 bridgehead atoms. The number of carbonyl (C=O) groups is 1. The normalized spacial score (nSPS) is 22.4. The average molecular weight is 1280 g/mol. The molecule has 19 nitrogen and oxygen atoms in total. The number of aromatic nitrogens is 3. The number of terminal acetylenes is 1. The fourth-order valence-electron chi connectivity index (χ4n) is 9.91. The highest BCUT2D eigenvalue weighted by Gasteiger charge is 2.25. The molecule has 6 fully saturated rings. The van der Waals surface area contributed by atoms with Crippen LogP contribution in [-0.2, 0) is 4.79 Å². The van der Waals surface area contributed by atoms with E-state index in [2.05, 4.69) is 121 Å². The molecular weight excluding hydrogens is 1160 g/mol. The third-order valence-electron chi connectivity index (χ3n) is 13.8. The fourth-order valence-corrected chi connectivity index (χ4v) is 10.1. The van der Waals surface area contributed by atoms with Crippen LogP contribution in [-0.4, -0.2) is 195 Å². The number of nitrogens with two attached hydrogens (primary N) is 1. The van der Waals surface area contributed by atoms with E-state index in [1.165, 1.54) is 71.0 Å². The summed E-state index contributed by atoms with van der Waals surface area (Å²) in [6.07, 6.45) is 21.6. The first kappa shape index (κ1) is 92.2. The van der Waals surface area contributed by atoms with E-state index < -0.39 is 0 Å². The smallest absolute Gasteiger partial charge is 0.205 e. The molecule has 2 radical (unpaired) electrons. The number of oxime groups is 2. The van der Waals surface area contributed by atoms with Crippen molar-refractivity contribution in [2.24, 2.45) is 34.0 Å². The lowest BCUT2D eigenvalue weighted by Gasteiger charge is -2.30. The number of rotatable bonds is 7. The summed E-state index contributed by atoms with van der Waals surface area (Å²) in [6.45, 7) is 26.7. The Labute approximate surface area is 526 Å². The number of halogens is 1. The number of aldehydes is 1. The van der Waals surface area contributed by atoms with E-state index in [-0.39, 0.29) is 62.8 Å².